The standard InChI is InChI=1S/C34H23ClN2/c35-29-21-22-32-36-33(28-19-11-4-12-20-28)34(37(32)24-29)31(27-17-9-3-10-18-27)23-30(25-13-5-1-6-14-25)26-15-7-2-8-16-26/h1-22,24H. The fourth-order valence-corrected chi connectivity index (χ4v) is 4.73. The Morgan fingerprint density at radius 2 is 1.05 bits per heavy atom. The molecule has 0 bridgehead atoms. The first kappa shape index (κ1) is 22.8. The normalized spacial score (nSPS) is 10.7. The van der Waals surface area contributed by atoms with Gasteiger partial charge in [0.1, 0.15) is 5.65 Å². The van der Waals surface area contributed by atoms with E-state index in [1.807, 2.05) is 54.7 Å². The minimum Gasteiger partial charge on any atom is -0.297 e. The largest absolute Gasteiger partial charge is 0.297 e. The van der Waals surface area contributed by atoms with Crippen LogP contribution in [0.2, 0.25) is 5.02 Å². The van der Waals surface area contributed by atoms with Crippen molar-refractivity contribution in [3.8, 4) is 11.3 Å². The number of rotatable bonds is 5. The molecule has 2 nitrogen and oxygen atoms in total. The van der Waals surface area contributed by atoms with Crippen molar-refractivity contribution in [1.82, 2.24) is 9.38 Å². The molecule has 0 unspecified atom stereocenters. The summed E-state index contributed by atoms with van der Waals surface area (Å²) in [5, 5.41) is 0.647. The molecule has 0 spiro atoms. The number of hydrogen-bond acceptors (Lipinski definition) is 1. The third kappa shape index (κ3) is 4.64. The van der Waals surface area contributed by atoms with Crippen molar-refractivity contribution in [2.75, 3.05) is 0 Å². The lowest BCUT2D eigenvalue weighted by molar-refractivity contribution is 1.16. The highest BCUT2D eigenvalue weighted by atomic mass is 35.5. The zero-order valence-corrected chi connectivity index (χ0v) is 20.8. The van der Waals surface area contributed by atoms with E-state index in [-0.39, 0.29) is 0 Å². The number of nitrogens with zero attached hydrogens (tertiary/aromatic N) is 2. The molecular weight excluding hydrogens is 472 g/mol. The lowest BCUT2D eigenvalue weighted by atomic mass is 9.94. The molecule has 0 radical (unpaired) electrons. The van der Waals surface area contributed by atoms with E-state index in [0.717, 1.165) is 50.4 Å². The predicted octanol–water partition coefficient (Wildman–Crippen LogP) is 8.82. The fourth-order valence-electron chi connectivity index (χ4n) is 4.57. The molecule has 0 saturated heterocycles. The summed E-state index contributed by atoms with van der Waals surface area (Å²) < 4.78 is 2.08. The third-order valence-electron chi connectivity index (χ3n) is 6.30. The molecule has 0 aliphatic heterocycles. The van der Waals surface area contributed by atoms with Crippen molar-refractivity contribution >= 4 is 28.4 Å². The van der Waals surface area contributed by atoms with E-state index in [1.54, 1.807) is 0 Å². The first-order chi connectivity index (χ1) is 18.3. The van der Waals surface area contributed by atoms with E-state index in [2.05, 4.69) is 95.1 Å². The van der Waals surface area contributed by atoms with Gasteiger partial charge in [0.05, 0.1) is 22.0 Å². The summed E-state index contributed by atoms with van der Waals surface area (Å²) in [6.45, 7) is 0. The van der Waals surface area contributed by atoms with Crippen molar-refractivity contribution in [1.29, 1.82) is 0 Å². The maximum absolute atomic E-state index is 6.51. The Balaban J connectivity index is 1.78. The molecule has 0 aliphatic carbocycles. The van der Waals surface area contributed by atoms with Crippen LogP contribution in [-0.2, 0) is 0 Å². The third-order valence-corrected chi connectivity index (χ3v) is 6.53. The lowest BCUT2D eigenvalue weighted by Gasteiger charge is -2.12. The molecule has 2 aromatic heterocycles. The zero-order valence-electron chi connectivity index (χ0n) is 20.1. The van der Waals surface area contributed by atoms with Crippen molar-refractivity contribution < 1.29 is 0 Å². The van der Waals surface area contributed by atoms with E-state index in [9.17, 15) is 0 Å². The number of halogens is 1. The van der Waals surface area contributed by atoms with Gasteiger partial charge in [-0.25, -0.2) is 4.98 Å². The number of aromatic nitrogens is 2. The summed E-state index contributed by atoms with van der Waals surface area (Å²) in [6, 6.07) is 45.3. The van der Waals surface area contributed by atoms with Crippen molar-refractivity contribution in [3.63, 3.8) is 0 Å². The molecule has 3 heteroatoms. The van der Waals surface area contributed by atoms with Crippen molar-refractivity contribution in [2.24, 2.45) is 0 Å². The van der Waals surface area contributed by atoms with Gasteiger partial charge in [-0.05, 0) is 28.8 Å². The summed E-state index contributed by atoms with van der Waals surface area (Å²) in [5.41, 5.74) is 12.7. The highest BCUT2D eigenvalue weighted by Crippen LogP contribution is 2.35. The zero-order chi connectivity index (χ0) is 25.0. The molecule has 176 valence electrons. The Kier molecular flexibility index (Phi) is 6.27. The predicted molar refractivity (Wildman–Crippen MR) is 153 cm³/mol. The number of pyridine rings is 1. The second kappa shape index (κ2) is 10.2. The Labute approximate surface area is 221 Å². The minimum absolute atomic E-state index is 0.647. The molecule has 0 fully saturated rings. The Morgan fingerprint density at radius 1 is 0.568 bits per heavy atom. The first-order valence-electron chi connectivity index (χ1n) is 12.2. The van der Waals surface area contributed by atoms with Crippen molar-refractivity contribution in [2.45, 2.75) is 0 Å². The molecule has 6 rings (SSSR count). The van der Waals surface area contributed by atoms with Gasteiger partial charge in [-0.15, -0.1) is 5.73 Å². The molecule has 0 amide bonds. The Bertz CT molecular complexity index is 1690. The average molecular weight is 495 g/mol. The van der Waals surface area contributed by atoms with Gasteiger partial charge < -0.3 is 0 Å². The molecular formula is C34H23ClN2. The maximum Gasteiger partial charge on any atom is 0.138 e. The van der Waals surface area contributed by atoms with Crippen LogP contribution in [0.3, 0.4) is 0 Å². The van der Waals surface area contributed by atoms with Crippen LogP contribution in [0.15, 0.2) is 145 Å². The summed E-state index contributed by atoms with van der Waals surface area (Å²) >= 11 is 6.51. The van der Waals surface area contributed by atoms with Gasteiger partial charge in [-0.1, -0.05) is 133 Å². The molecule has 0 aliphatic rings. The second-order valence-corrected chi connectivity index (χ2v) is 9.16. The van der Waals surface area contributed by atoms with Crippen molar-refractivity contribution in [3.05, 3.63) is 173 Å². The number of benzene rings is 4. The number of fused-ring (bicyclic) bond motifs is 1. The van der Waals surface area contributed by atoms with Gasteiger partial charge in [0.2, 0.25) is 0 Å². The number of hydrogen-bond donors (Lipinski definition) is 0. The van der Waals surface area contributed by atoms with Gasteiger partial charge in [0.25, 0.3) is 0 Å². The van der Waals surface area contributed by atoms with Crippen LogP contribution in [0.5, 0.6) is 0 Å². The Morgan fingerprint density at radius 3 is 1.59 bits per heavy atom. The summed E-state index contributed by atoms with van der Waals surface area (Å²) in [4.78, 5) is 5.06. The Hall–Kier alpha value is -4.62. The molecule has 0 N–H and O–H groups in total. The van der Waals surface area contributed by atoms with Crippen LogP contribution in [0.4, 0.5) is 0 Å². The maximum atomic E-state index is 6.51. The van der Waals surface area contributed by atoms with E-state index >= 15 is 0 Å². The summed E-state index contributed by atoms with van der Waals surface area (Å²) in [6.07, 6.45) is 1.93. The monoisotopic (exact) mass is 494 g/mol. The molecule has 0 atom stereocenters. The van der Waals surface area contributed by atoms with E-state index in [4.69, 9.17) is 16.6 Å². The molecule has 6 aromatic rings. The van der Waals surface area contributed by atoms with Crippen LogP contribution in [-0.4, -0.2) is 9.38 Å². The van der Waals surface area contributed by atoms with Gasteiger partial charge in [0.15, 0.2) is 0 Å². The molecule has 37 heavy (non-hydrogen) atoms. The summed E-state index contributed by atoms with van der Waals surface area (Å²) in [7, 11) is 0. The molecule has 2 heterocycles. The van der Waals surface area contributed by atoms with Gasteiger partial charge in [-0.3, -0.25) is 4.40 Å². The van der Waals surface area contributed by atoms with Gasteiger partial charge in [-0.2, -0.15) is 0 Å². The molecule has 0 saturated carbocycles. The van der Waals surface area contributed by atoms with E-state index < -0.39 is 0 Å². The first-order valence-corrected chi connectivity index (χ1v) is 12.6. The van der Waals surface area contributed by atoms with Gasteiger partial charge >= 0.3 is 0 Å². The minimum atomic E-state index is 0.647. The number of imidazole rings is 1. The highest BCUT2D eigenvalue weighted by Gasteiger charge is 2.20. The smallest absolute Gasteiger partial charge is 0.138 e. The lowest BCUT2D eigenvalue weighted by Crippen LogP contribution is -1.97. The average Bonchev–Trinajstić information content (AvgIpc) is 3.34. The summed E-state index contributed by atoms with van der Waals surface area (Å²) in [5.74, 6) is 0. The van der Waals surface area contributed by atoms with Crippen LogP contribution in [0.1, 0.15) is 22.4 Å². The fraction of sp³-hybridized carbons (Fsp3) is 0. The van der Waals surface area contributed by atoms with Crippen LogP contribution in [0.25, 0.3) is 28.1 Å². The molecule has 4 aromatic carbocycles. The van der Waals surface area contributed by atoms with Crippen LogP contribution < -0.4 is 0 Å². The van der Waals surface area contributed by atoms with Crippen LogP contribution in [0, 0.1) is 0 Å². The highest BCUT2D eigenvalue weighted by molar-refractivity contribution is 6.30. The van der Waals surface area contributed by atoms with E-state index in [1.165, 1.54) is 0 Å². The van der Waals surface area contributed by atoms with E-state index in [0.29, 0.717) is 5.02 Å². The quantitative estimate of drug-likeness (QED) is 0.219. The topological polar surface area (TPSA) is 17.3 Å². The second-order valence-electron chi connectivity index (χ2n) is 8.72. The van der Waals surface area contributed by atoms with Gasteiger partial charge in [0, 0.05) is 17.3 Å². The van der Waals surface area contributed by atoms with Crippen LogP contribution >= 0.6 is 11.6 Å². The SMILES string of the molecule is Clc1ccc2nc(-c3ccccc3)c(C(=C=C(c3ccccc3)c3ccccc3)c3ccccc3)n2c1.